The molecule has 0 saturated carbocycles. The van der Waals surface area contributed by atoms with Gasteiger partial charge in [-0.05, 0) is 55.7 Å². The van der Waals surface area contributed by atoms with Crippen molar-refractivity contribution >= 4 is 17.4 Å². The average Bonchev–Trinajstić information content (AvgIpc) is 2.79. The van der Waals surface area contributed by atoms with E-state index in [0.717, 1.165) is 55.1 Å². The lowest BCUT2D eigenvalue weighted by Crippen LogP contribution is -2.30. The summed E-state index contributed by atoms with van der Waals surface area (Å²) in [6.07, 6.45) is 2.38. The average molecular weight is 426 g/mol. The summed E-state index contributed by atoms with van der Waals surface area (Å²) in [6.45, 7) is 1.89. The Morgan fingerprint density at radius 2 is 1.52 bits per heavy atom. The minimum Gasteiger partial charge on any atom is -0.355 e. The van der Waals surface area contributed by atoms with Crippen LogP contribution in [0.15, 0.2) is 60.9 Å². The van der Waals surface area contributed by atoms with Crippen LogP contribution in [0.1, 0.15) is 35.2 Å². The molecule has 1 aliphatic rings. The van der Waals surface area contributed by atoms with Gasteiger partial charge in [0.25, 0.3) is 5.91 Å². The Kier molecular flexibility index (Phi) is 5.88. The first-order chi connectivity index (χ1) is 14.9. The number of benzene rings is 2. The molecule has 0 aliphatic carbocycles. The molecule has 0 atom stereocenters. The van der Waals surface area contributed by atoms with Crippen LogP contribution in [0.5, 0.6) is 0 Å². The monoisotopic (exact) mass is 426 g/mol. The van der Waals surface area contributed by atoms with E-state index >= 15 is 0 Å². The number of aromatic nitrogens is 2. The molecule has 1 aromatic heterocycles. The van der Waals surface area contributed by atoms with Crippen molar-refractivity contribution in [2.45, 2.75) is 25.4 Å². The zero-order valence-corrected chi connectivity index (χ0v) is 16.7. The summed E-state index contributed by atoms with van der Waals surface area (Å²) in [4.78, 5) is 23.7. The quantitative estimate of drug-likeness (QED) is 0.607. The van der Waals surface area contributed by atoms with Crippen molar-refractivity contribution in [1.29, 1.82) is 0 Å². The molecule has 4 rings (SSSR count). The van der Waals surface area contributed by atoms with Crippen molar-refractivity contribution in [1.82, 2.24) is 9.97 Å². The summed E-state index contributed by atoms with van der Waals surface area (Å²) in [5, 5.41) is 2.62. The zero-order valence-electron chi connectivity index (χ0n) is 16.7. The summed E-state index contributed by atoms with van der Waals surface area (Å²) in [5.41, 5.74) is 1.54. The molecule has 1 amide bonds. The van der Waals surface area contributed by atoms with Gasteiger partial charge in [-0.1, -0.05) is 12.1 Å². The van der Waals surface area contributed by atoms with Gasteiger partial charge in [0, 0.05) is 42.3 Å². The topological polar surface area (TPSA) is 58.1 Å². The second-order valence-electron chi connectivity index (χ2n) is 7.38. The Balaban J connectivity index is 1.49. The van der Waals surface area contributed by atoms with Crippen LogP contribution >= 0.6 is 0 Å². The van der Waals surface area contributed by atoms with Crippen LogP contribution in [0.4, 0.5) is 24.7 Å². The lowest BCUT2D eigenvalue weighted by atomic mass is 10.1. The van der Waals surface area contributed by atoms with Crippen molar-refractivity contribution in [2.24, 2.45) is 0 Å². The fourth-order valence-electron chi connectivity index (χ4n) is 3.60. The van der Waals surface area contributed by atoms with Crippen molar-refractivity contribution in [3.8, 4) is 11.3 Å². The molecule has 2 aromatic carbocycles. The smallest absolute Gasteiger partial charge is 0.355 e. The molecule has 3 aromatic rings. The SMILES string of the molecule is O=C(Nc1ccc(C(F)(F)F)cc1)c1ccc(-c2nccnc2N2CCCCC2)cc1. The van der Waals surface area contributed by atoms with E-state index in [0.29, 0.717) is 11.3 Å². The van der Waals surface area contributed by atoms with Crippen LogP contribution in [-0.2, 0) is 6.18 Å². The predicted molar refractivity (Wildman–Crippen MR) is 113 cm³/mol. The molecule has 160 valence electrons. The molecule has 0 radical (unpaired) electrons. The molecule has 5 nitrogen and oxygen atoms in total. The van der Waals surface area contributed by atoms with Crippen LogP contribution in [0.2, 0.25) is 0 Å². The lowest BCUT2D eigenvalue weighted by molar-refractivity contribution is -0.137. The van der Waals surface area contributed by atoms with Gasteiger partial charge in [-0.25, -0.2) is 4.98 Å². The molecule has 1 fully saturated rings. The maximum absolute atomic E-state index is 12.7. The lowest BCUT2D eigenvalue weighted by Gasteiger charge is -2.28. The Morgan fingerprint density at radius 1 is 0.871 bits per heavy atom. The zero-order chi connectivity index (χ0) is 21.8. The van der Waals surface area contributed by atoms with Crippen LogP contribution in [0.3, 0.4) is 0 Å². The van der Waals surface area contributed by atoms with Gasteiger partial charge in [0.05, 0.1) is 5.56 Å². The molecule has 0 bridgehead atoms. The third kappa shape index (κ3) is 4.84. The third-order valence-electron chi connectivity index (χ3n) is 5.23. The number of halogens is 3. The number of rotatable bonds is 4. The number of alkyl halides is 3. The van der Waals surface area contributed by atoms with Crippen molar-refractivity contribution < 1.29 is 18.0 Å². The molecule has 31 heavy (non-hydrogen) atoms. The van der Waals surface area contributed by atoms with E-state index in [2.05, 4.69) is 20.2 Å². The highest BCUT2D eigenvalue weighted by Crippen LogP contribution is 2.30. The molecule has 1 aliphatic heterocycles. The fourth-order valence-corrected chi connectivity index (χ4v) is 3.60. The number of nitrogens with zero attached hydrogens (tertiary/aromatic N) is 3. The molecule has 0 spiro atoms. The summed E-state index contributed by atoms with van der Waals surface area (Å²) < 4.78 is 38.0. The standard InChI is InChI=1S/C23H21F3N4O/c24-23(25,26)18-8-10-19(11-9-18)29-22(31)17-6-4-16(5-7-17)20-21(28-13-12-27-20)30-14-2-1-3-15-30/h4-13H,1-3,14-15H2,(H,29,31). The van der Waals surface area contributed by atoms with Gasteiger partial charge in [0.1, 0.15) is 5.69 Å². The Morgan fingerprint density at radius 3 is 2.16 bits per heavy atom. The number of anilines is 2. The first-order valence-corrected chi connectivity index (χ1v) is 10.1. The van der Waals surface area contributed by atoms with Crippen LogP contribution in [0.25, 0.3) is 11.3 Å². The highest BCUT2D eigenvalue weighted by atomic mass is 19.4. The van der Waals surface area contributed by atoms with Gasteiger partial charge in [-0.2, -0.15) is 13.2 Å². The highest BCUT2D eigenvalue weighted by molar-refractivity contribution is 6.04. The van der Waals surface area contributed by atoms with Crippen molar-refractivity contribution in [2.75, 3.05) is 23.3 Å². The first-order valence-electron chi connectivity index (χ1n) is 10.1. The largest absolute Gasteiger partial charge is 0.416 e. The van der Waals surface area contributed by atoms with Gasteiger partial charge >= 0.3 is 6.18 Å². The van der Waals surface area contributed by atoms with Crippen molar-refractivity contribution in [3.05, 3.63) is 72.1 Å². The minimum atomic E-state index is -4.41. The van der Waals surface area contributed by atoms with Crippen LogP contribution in [0, 0.1) is 0 Å². The van der Waals surface area contributed by atoms with E-state index in [1.807, 2.05) is 0 Å². The van der Waals surface area contributed by atoms with Gasteiger partial charge < -0.3 is 10.2 Å². The maximum Gasteiger partial charge on any atom is 0.416 e. The molecule has 1 N–H and O–H groups in total. The highest BCUT2D eigenvalue weighted by Gasteiger charge is 2.30. The Hall–Kier alpha value is -3.42. The number of nitrogens with one attached hydrogen (secondary N) is 1. The van der Waals surface area contributed by atoms with Gasteiger partial charge in [-0.15, -0.1) is 0 Å². The molecular weight excluding hydrogens is 405 g/mol. The number of carbonyl (C=O) groups is 1. The van der Waals surface area contributed by atoms with E-state index < -0.39 is 17.6 Å². The third-order valence-corrected chi connectivity index (χ3v) is 5.23. The minimum absolute atomic E-state index is 0.295. The van der Waals surface area contributed by atoms with E-state index in [-0.39, 0.29) is 0 Å². The van der Waals surface area contributed by atoms with Gasteiger partial charge in [-0.3, -0.25) is 9.78 Å². The Bertz CT molecular complexity index is 1040. The summed E-state index contributed by atoms with van der Waals surface area (Å²) in [7, 11) is 0. The molecule has 2 heterocycles. The summed E-state index contributed by atoms with van der Waals surface area (Å²) >= 11 is 0. The number of piperidine rings is 1. The van der Waals surface area contributed by atoms with Crippen LogP contribution < -0.4 is 10.2 Å². The predicted octanol–water partition coefficient (Wildman–Crippen LogP) is 5.41. The number of carbonyl (C=O) groups excluding carboxylic acids is 1. The molecule has 1 saturated heterocycles. The van der Waals surface area contributed by atoms with Gasteiger partial charge in [0.2, 0.25) is 0 Å². The van der Waals surface area contributed by atoms with E-state index in [4.69, 9.17) is 0 Å². The first kappa shape index (κ1) is 20.8. The van der Waals surface area contributed by atoms with E-state index in [1.165, 1.54) is 18.6 Å². The fraction of sp³-hybridized carbons (Fsp3) is 0.261. The second kappa shape index (κ2) is 8.75. The van der Waals surface area contributed by atoms with E-state index in [1.54, 1.807) is 36.7 Å². The summed E-state index contributed by atoms with van der Waals surface area (Å²) in [5.74, 6) is 0.436. The molecule has 8 heteroatoms. The number of hydrogen-bond acceptors (Lipinski definition) is 4. The van der Waals surface area contributed by atoms with Crippen LogP contribution in [-0.4, -0.2) is 29.0 Å². The Labute approximate surface area is 178 Å². The molecular formula is C23H21F3N4O. The summed E-state index contributed by atoms with van der Waals surface area (Å²) in [6, 6.07) is 11.3. The normalized spacial score (nSPS) is 14.4. The van der Waals surface area contributed by atoms with E-state index in [9.17, 15) is 18.0 Å². The second-order valence-corrected chi connectivity index (χ2v) is 7.38. The van der Waals surface area contributed by atoms with Gasteiger partial charge in [0.15, 0.2) is 5.82 Å². The molecule has 0 unspecified atom stereocenters. The number of hydrogen-bond donors (Lipinski definition) is 1. The number of amides is 1. The maximum atomic E-state index is 12.7. The van der Waals surface area contributed by atoms with Crippen molar-refractivity contribution in [3.63, 3.8) is 0 Å².